The van der Waals surface area contributed by atoms with Crippen LogP contribution in [0.3, 0.4) is 0 Å². The molecule has 37 heteroatoms. The van der Waals surface area contributed by atoms with E-state index in [1.54, 1.807) is 136 Å². The third kappa shape index (κ3) is 18.9. The molecule has 31 nitrogen and oxygen atoms in total. The monoisotopic (exact) mass is 1760 g/mol. The van der Waals surface area contributed by atoms with Gasteiger partial charge in [0.05, 0.1) is 90.5 Å². The first-order valence-corrected chi connectivity index (χ1v) is 39.7. The second kappa shape index (κ2) is 38.2. The van der Waals surface area contributed by atoms with Gasteiger partial charge in [-0.15, -0.1) is 40.8 Å². The highest BCUT2D eigenvalue weighted by Crippen LogP contribution is 2.35. The number of fused-ring (bicyclic) bond motifs is 8. The lowest BCUT2D eigenvalue weighted by molar-refractivity contribution is 0.0937. The van der Waals surface area contributed by atoms with Gasteiger partial charge >= 0.3 is 0 Å². The van der Waals surface area contributed by atoms with E-state index >= 15 is 0 Å². The van der Waals surface area contributed by atoms with Crippen molar-refractivity contribution < 1.29 is 69.4 Å². The van der Waals surface area contributed by atoms with Gasteiger partial charge in [-0.25, -0.2) is 22.0 Å². The first-order valence-electron chi connectivity index (χ1n) is 39.3. The van der Waals surface area contributed by atoms with E-state index in [2.05, 4.69) is 86.4 Å². The topological polar surface area (TPSA) is 336 Å². The number of nitrogens with zero attached hydrogens (tertiary/aromatic N) is 20. The maximum Gasteiger partial charge on any atom is 0.252 e. The predicted octanol–water partition coefficient (Wildman–Crippen LogP) is 16.4. The normalized spacial score (nSPS) is 11.2. The molecule has 0 unspecified atom stereocenters. The molecule has 1 N–H and O–H groups in total. The SMILES string of the molecule is COCCNC(=O)c1ccc(-c2ccc3nnc(COc4ccnc5cc(OC)ccc45)n3n2)cc1Cl.COc1ccc2c(OCc3nnc4ccc(-c5cc(F)c(F)c(F)c5)nn34)ccnc2c1.COc1ccc2c(OCc3nnc4ccc(-c5cc(F)cc(F)c5)nn34)ccnc2c1.COc1ccc2c(OCc3nnc4ccc(-c5ccccc5)nn34)ccnc2c1. The molecule has 644 valence electrons. The van der Waals surface area contributed by atoms with Crippen LogP contribution in [0.1, 0.15) is 33.7 Å². The number of aromatic nitrogens is 20. The highest BCUT2D eigenvalue weighted by atomic mass is 35.5. The Labute approximate surface area is 732 Å². The molecule has 0 radical (unpaired) electrons. The lowest BCUT2D eigenvalue weighted by Gasteiger charge is -2.10. The number of amides is 1. The van der Waals surface area contributed by atoms with Crippen LogP contribution in [0, 0.1) is 29.1 Å². The van der Waals surface area contributed by atoms with Crippen LogP contribution in [0.25, 0.3) is 111 Å². The second-order valence-corrected chi connectivity index (χ2v) is 28.5. The summed E-state index contributed by atoms with van der Waals surface area (Å²) in [4.78, 5) is 29.8. The molecule has 20 aromatic rings. The third-order valence-electron chi connectivity index (χ3n) is 20.0. The van der Waals surface area contributed by atoms with Gasteiger partial charge in [-0.3, -0.25) is 24.7 Å². The van der Waals surface area contributed by atoms with E-state index in [1.165, 1.54) is 27.2 Å². The highest BCUT2D eigenvalue weighted by molar-refractivity contribution is 6.34. The third-order valence-corrected chi connectivity index (χ3v) is 20.3. The summed E-state index contributed by atoms with van der Waals surface area (Å²) >= 11 is 6.42. The van der Waals surface area contributed by atoms with Crippen molar-refractivity contribution in [1.82, 2.24) is 104 Å². The van der Waals surface area contributed by atoms with Gasteiger partial charge in [0.25, 0.3) is 5.91 Å². The van der Waals surface area contributed by atoms with Crippen LogP contribution < -0.4 is 43.2 Å². The number of hydrogen-bond donors (Lipinski definition) is 1. The molecule has 20 rings (SSSR count). The first-order chi connectivity index (χ1) is 63.0. The van der Waals surface area contributed by atoms with E-state index in [1.807, 2.05) is 121 Å². The molecule has 12 heterocycles. The van der Waals surface area contributed by atoms with Gasteiger partial charge < -0.3 is 47.9 Å². The standard InChI is InChI=1S/C26H23ClN6O4.C22H14F3N5O2.C22H15F2N5O2.C22H17N5O2/c1-35-12-11-29-26(34)18-5-3-16(13-20(18)27)21-7-8-24-30-31-25(33(24)32-21)15-37-23-9-10-28-22-14-17(36-2)4-6-19(22)23;1-31-13-2-3-14-18(10-13)26-7-6-19(14)32-11-21-28-27-20-5-4-17(29-30(20)21)12-8-15(23)22(25)16(24)9-12;1-30-16-2-3-17-19(11-16)25-7-6-20(17)31-12-22-27-26-21-5-4-18(28-29(21)22)13-8-14(23)10-15(24)9-13;1-28-16-7-8-17-19(13-16)23-12-11-20(17)29-14-22-25-24-21-10-9-18(26-27(21)22)15-5-3-2-4-6-15/h3-10,13-14H,11-12,15H2,1-2H3,(H,29,34);2-10H,11H2,1H3;2-11H,12H2,1H3;2-13H,14H2,1H3. The zero-order chi connectivity index (χ0) is 89.0. The fourth-order valence-electron chi connectivity index (χ4n) is 13.5. The van der Waals surface area contributed by atoms with Crippen LogP contribution in [-0.2, 0) is 31.2 Å². The molecule has 0 bridgehead atoms. The molecule has 1 amide bonds. The molecule has 12 aromatic heterocycles. The fraction of sp³-hybridized carbons (Fsp3) is 0.120. The van der Waals surface area contributed by atoms with Gasteiger partial charge in [0.1, 0.15) is 84.1 Å². The van der Waals surface area contributed by atoms with Crippen molar-refractivity contribution in [3.05, 3.63) is 312 Å². The van der Waals surface area contributed by atoms with Gasteiger partial charge in [0.2, 0.25) is 0 Å². The molecule has 0 aliphatic carbocycles. The van der Waals surface area contributed by atoms with Crippen LogP contribution >= 0.6 is 11.6 Å². The maximum atomic E-state index is 13.6. The van der Waals surface area contributed by atoms with E-state index in [-0.39, 0.29) is 43.6 Å². The van der Waals surface area contributed by atoms with Gasteiger partial charge in [0, 0.05) is 113 Å². The Morgan fingerprint density at radius 1 is 0.349 bits per heavy atom. The van der Waals surface area contributed by atoms with Gasteiger partial charge in [-0.05, 0) is 158 Å². The van der Waals surface area contributed by atoms with Crippen molar-refractivity contribution in [1.29, 1.82) is 0 Å². The number of ether oxygens (including phenoxy) is 9. The lowest BCUT2D eigenvalue weighted by Crippen LogP contribution is -2.27. The Kier molecular flexibility index (Phi) is 25.1. The molecule has 0 aliphatic heterocycles. The Morgan fingerprint density at radius 2 is 0.690 bits per heavy atom. The van der Waals surface area contributed by atoms with Crippen LogP contribution in [0.4, 0.5) is 22.0 Å². The summed E-state index contributed by atoms with van der Waals surface area (Å²) in [6.07, 6.45) is 6.66. The lowest BCUT2D eigenvalue weighted by atomic mass is 10.1. The maximum absolute atomic E-state index is 13.6. The molecule has 0 atom stereocenters. The fourth-order valence-corrected chi connectivity index (χ4v) is 13.8. The minimum absolute atomic E-state index is 0.0227. The Bertz CT molecular complexity index is 7510. The van der Waals surface area contributed by atoms with E-state index in [4.69, 9.17) is 54.2 Å². The molecular weight excluding hydrogens is 1690 g/mol. The summed E-state index contributed by atoms with van der Waals surface area (Å²) in [6, 6.07) is 63.4. The van der Waals surface area contributed by atoms with Crippen molar-refractivity contribution in [3.63, 3.8) is 0 Å². The van der Waals surface area contributed by atoms with Gasteiger partial charge in [-0.1, -0.05) is 48.0 Å². The molecule has 0 spiro atoms. The molecule has 0 fully saturated rings. The summed E-state index contributed by atoms with van der Waals surface area (Å²) < 4.78 is 124. The van der Waals surface area contributed by atoms with Crippen molar-refractivity contribution in [2.45, 2.75) is 26.4 Å². The number of pyridine rings is 4. The van der Waals surface area contributed by atoms with Crippen molar-refractivity contribution >= 4 is 83.7 Å². The summed E-state index contributed by atoms with van der Waals surface area (Å²) in [5, 5.41) is 57.8. The zero-order valence-electron chi connectivity index (χ0n) is 68.7. The quantitative estimate of drug-likeness (QED) is 0.0333. The van der Waals surface area contributed by atoms with Crippen molar-refractivity contribution in [2.24, 2.45) is 0 Å². The second-order valence-electron chi connectivity index (χ2n) is 28.1. The van der Waals surface area contributed by atoms with Crippen LogP contribution in [0.15, 0.2) is 249 Å². The Morgan fingerprint density at radius 3 is 1.03 bits per heavy atom. The number of nitrogens with one attached hydrogen (secondary N) is 1. The predicted molar refractivity (Wildman–Crippen MR) is 464 cm³/mol. The van der Waals surface area contributed by atoms with Crippen LogP contribution in [0.5, 0.6) is 46.0 Å². The summed E-state index contributed by atoms with van der Waals surface area (Å²) in [6.45, 7) is 1.30. The Hall–Kier alpha value is -16.6. The van der Waals surface area contributed by atoms with E-state index < -0.39 is 29.1 Å². The molecule has 0 saturated heterocycles. The number of benzene rings is 8. The smallest absolute Gasteiger partial charge is 0.252 e. The first kappa shape index (κ1) is 84.6. The summed E-state index contributed by atoms with van der Waals surface area (Å²) in [7, 11) is 7.99. The molecular formula is C92H69ClF5N21O10. The average molecular weight is 1760 g/mol. The minimum atomic E-state index is -1.53. The molecule has 8 aromatic carbocycles. The van der Waals surface area contributed by atoms with Gasteiger partial charge in [-0.2, -0.15) is 38.5 Å². The Balaban J connectivity index is 0.000000121. The number of methoxy groups -OCH3 is 5. The average Bonchev–Trinajstić information content (AvgIpc) is 1.72. The van der Waals surface area contributed by atoms with Crippen LogP contribution in [-0.4, -0.2) is 154 Å². The van der Waals surface area contributed by atoms with Gasteiger partial charge in [0.15, 0.2) is 63.3 Å². The largest absolute Gasteiger partial charge is 0.497 e. The van der Waals surface area contributed by atoms with Crippen LogP contribution in [0.2, 0.25) is 5.02 Å². The summed E-state index contributed by atoms with van der Waals surface area (Å²) in [5.41, 5.74) is 9.80. The zero-order valence-corrected chi connectivity index (χ0v) is 69.5. The number of halogens is 6. The molecule has 129 heavy (non-hydrogen) atoms. The van der Waals surface area contributed by atoms with E-state index in [0.717, 1.165) is 84.6 Å². The minimum Gasteiger partial charge on any atom is -0.497 e. The number of carbonyl (C=O) groups excluding carboxylic acids is 1. The summed E-state index contributed by atoms with van der Waals surface area (Å²) in [5.74, 6) is 1.63. The number of carbonyl (C=O) groups is 1. The number of hydrogen-bond acceptors (Lipinski definition) is 26. The molecule has 0 saturated carbocycles. The van der Waals surface area contributed by atoms with Crippen molar-refractivity contribution in [3.8, 4) is 91.0 Å². The van der Waals surface area contributed by atoms with E-state index in [0.29, 0.717) is 127 Å². The number of rotatable bonds is 24. The van der Waals surface area contributed by atoms with E-state index in [9.17, 15) is 26.7 Å². The van der Waals surface area contributed by atoms with Crippen molar-refractivity contribution in [2.75, 3.05) is 48.7 Å². The highest BCUT2D eigenvalue weighted by Gasteiger charge is 2.21. The molecule has 0 aliphatic rings.